The Kier molecular flexibility index (Phi) is 4.09. The largest absolute Gasteiger partial charge is 0.396 e. The second kappa shape index (κ2) is 5.61. The van der Waals surface area contributed by atoms with Crippen molar-refractivity contribution in [2.24, 2.45) is 5.92 Å². The van der Waals surface area contributed by atoms with E-state index < -0.39 is 23.4 Å². The van der Waals surface area contributed by atoms with Crippen molar-refractivity contribution in [1.29, 1.82) is 0 Å². The zero-order valence-corrected chi connectivity index (χ0v) is 10.2. The molecule has 1 amide bonds. The molecule has 0 bridgehead atoms. The molecule has 0 saturated carbocycles. The number of benzene rings is 1. The summed E-state index contributed by atoms with van der Waals surface area (Å²) < 4.78 is 39.0. The van der Waals surface area contributed by atoms with Crippen LogP contribution < -0.4 is 0 Å². The van der Waals surface area contributed by atoms with Gasteiger partial charge in [-0.1, -0.05) is 0 Å². The Morgan fingerprint density at radius 3 is 2.53 bits per heavy atom. The molecule has 104 valence electrons. The number of piperidine rings is 1. The lowest BCUT2D eigenvalue weighted by Crippen LogP contribution is -2.41. The number of amides is 1. The Hall–Kier alpha value is -1.56. The molecule has 1 N–H and O–H groups in total. The highest BCUT2D eigenvalue weighted by Crippen LogP contribution is 2.20. The number of hydrogen-bond donors (Lipinski definition) is 1. The van der Waals surface area contributed by atoms with Crippen molar-refractivity contribution >= 4 is 5.91 Å². The fourth-order valence-corrected chi connectivity index (χ4v) is 2.26. The minimum absolute atomic E-state index is 0.0205. The van der Waals surface area contributed by atoms with Gasteiger partial charge in [0.25, 0.3) is 5.91 Å². The topological polar surface area (TPSA) is 40.5 Å². The quantitative estimate of drug-likeness (QED) is 0.837. The molecule has 0 spiro atoms. The van der Waals surface area contributed by atoms with Gasteiger partial charge >= 0.3 is 0 Å². The number of carbonyl (C=O) groups excluding carboxylic acids is 1. The molecular formula is C13H14F3NO2. The van der Waals surface area contributed by atoms with E-state index in [1.165, 1.54) is 4.90 Å². The van der Waals surface area contributed by atoms with E-state index in [1.54, 1.807) is 0 Å². The summed E-state index contributed by atoms with van der Waals surface area (Å²) in [5, 5.41) is 9.08. The maximum atomic E-state index is 13.1. The molecule has 1 aliphatic heterocycles. The third kappa shape index (κ3) is 2.89. The number of aliphatic hydroxyl groups is 1. The second-order valence-corrected chi connectivity index (χ2v) is 4.70. The predicted molar refractivity (Wildman–Crippen MR) is 62.0 cm³/mol. The Labute approximate surface area is 108 Å². The van der Waals surface area contributed by atoms with E-state index in [0.29, 0.717) is 25.2 Å². The average molecular weight is 273 g/mol. The van der Waals surface area contributed by atoms with Gasteiger partial charge in [0.05, 0.1) is 0 Å². The summed E-state index contributed by atoms with van der Waals surface area (Å²) in [4.78, 5) is 13.5. The zero-order chi connectivity index (χ0) is 14.0. The van der Waals surface area contributed by atoms with Crippen LogP contribution in [-0.2, 0) is 0 Å². The fourth-order valence-electron chi connectivity index (χ4n) is 2.26. The lowest BCUT2D eigenvalue weighted by Gasteiger charge is -2.31. The Bertz CT molecular complexity index is 470. The second-order valence-electron chi connectivity index (χ2n) is 4.70. The number of aliphatic hydroxyl groups excluding tert-OH is 1. The summed E-state index contributed by atoms with van der Waals surface area (Å²) in [5.41, 5.74) is -0.213. The van der Waals surface area contributed by atoms with Crippen LogP contribution >= 0.6 is 0 Å². The van der Waals surface area contributed by atoms with Crippen molar-refractivity contribution in [2.75, 3.05) is 19.7 Å². The van der Waals surface area contributed by atoms with Crippen molar-refractivity contribution in [3.63, 3.8) is 0 Å². The predicted octanol–water partition coefficient (Wildman–Crippen LogP) is 1.95. The summed E-state index contributed by atoms with van der Waals surface area (Å²) in [6, 6.07) is 1.40. The van der Waals surface area contributed by atoms with E-state index in [2.05, 4.69) is 0 Å². The van der Waals surface area contributed by atoms with Crippen molar-refractivity contribution in [2.45, 2.75) is 12.8 Å². The molecule has 1 saturated heterocycles. The van der Waals surface area contributed by atoms with E-state index >= 15 is 0 Å². The van der Waals surface area contributed by atoms with E-state index in [0.717, 1.165) is 12.8 Å². The third-order valence-electron chi connectivity index (χ3n) is 3.30. The van der Waals surface area contributed by atoms with Crippen molar-refractivity contribution in [3.8, 4) is 0 Å². The number of halogens is 3. The van der Waals surface area contributed by atoms with E-state index in [9.17, 15) is 18.0 Å². The van der Waals surface area contributed by atoms with Crippen LogP contribution in [0.1, 0.15) is 23.2 Å². The van der Waals surface area contributed by atoms with Gasteiger partial charge in [-0.05, 0) is 30.9 Å². The lowest BCUT2D eigenvalue weighted by atomic mass is 9.98. The molecule has 6 heteroatoms. The highest BCUT2D eigenvalue weighted by molar-refractivity contribution is 5.94. The van der Waals surface area contributed by atoms with Crippen LogP contribution in [0.3, 0.4) is 0 Å². The number of likely N-dealkylation sites (tertiary alicyclic amines) is 1. The SMILES string of the molecule is O=C(c1cc(F)c(F)c(F)c1)N1CCCC(CO)C1. The molecule has 1 heterocycles. The first kappa shape index (κ1) is 13.9. The molecular weight excluding hydrogens is 259 g/mol. The first-order chi connectivity index (χ1) is 9.02. The maximum absolute atomic E-state index is 13.1. The summed E-state index contributed by atoms with van der Waals surface area (Å²) in [6.07, 6.45) is 1.54. The molecule has 1 aliphatic rings. The molecule has 3 nitrogen and oxygen atoms in total. The molecule has 1 aromatic carbocycles. The van der Waals surface area contributed by atoms with Gasteiger partial charge in [0, 0.05) is 25.3 Å². The van der Waals surface area contributed by atoms with Crippen LogP contribution in [0.4, 0.5) is 13.2 Å². The maximum Gasteiger partial charge on any atom is 0.254 e. The molecule has 1 aromatic rings. The normalized spacial score (nSPS) is 19.6. The molecule has 0 aliphatic carbocycles. The lowest BCUT2D eigenvalue weighted by molar-refractivity contribution is 0.0619. The molecule has 0 aromatic heterocycles. The third-order valence-corrected chi connectivity index (χ3v) is 3.30. The van der Waals surface area contributed by atoms with E-state index in [-0.39, 0.29) is 18.1 Å². The fraction of sp³-hybridized carbons (Fsp3) is 0.462. The van der Waals surface area contributed by atoms with Crippen LogP contribution in [-0.4, -0.2) is 35.6 Å². The van der Waals surface area contributed by atoms with Gasteiger partial charge in [0.15, 0.2) is 17.5 Å². The first-order valence-corrected chi connectivity index (χ1v) is 6.07. The van der Waals surface area contributed by atoms with Gasteiger partial charge < -0.3 is 10.0 Å². The van der Waals surface area contributed by atoms with Crippen molar-refractivity contribution < 1.29 is 23.1 Å². The van der Waals surface area contributed by atoms with Crippen LogP contribution in [0.25, 0.3) is 0 Å². The standard InChI is InChI=1S/C13H14F3NO2/c14-10-4-9(5-11(15)12(10)16)13(19)17-3-1-2-8(6-17)7-18/h4-5,8,18H,1-3,6-7H2. The summed E-state index contributed by atoms with van der Waals surface area (Å²) in [6.45, 7) is 0.780. The molecule has 2 rings (SSSR count). The minimum Gasteiger partial charge on any atom is -0.396 e. The Morgan fingerprint density at radius 1 is 1.32 bits per heavy atom. The number of hydrogen-bond acceptors (Lipinski definition) is 2. The summed E-state index contributed by atoms with van der Waals surface area (Å²) in [5.74, 6) is -4.90. The average Bonchev–Trinajstić information content (AvgIpc) is 2.43. The summed E-state index contributed by atoms with van der Waals surface area (Å²) in [7, 11) is 0. The highest BCUT2D eigenvalue weighted by Gasteiger charge is 2.25. The summed E-state index contributed by atoms with van der Waals surface area (Å²) >= 11 is 0. The number of nitrogens with zero attached hydrogens (tertiary/aromatic N) is 1. The van der Waals surface area contributed by atoms with Crippen molar-refractivity contribution in [3.05, 3.63) is 35.1 Å². The van der Waals surface area contributed by atoms with Crippen LogP contribution in [0, 0.1) is 23.4 Å². The first-order valence-electron chi connectivity index (χ1n) is 6.07. The molecule has 0 radical (unpaired) electrons. The van der Waals surface area contributed by atoms with E-state index in [1.807, 2.05) is 0 Å². The van der Waals surface area contributed by atoms with Gasteiger partial charge in [-0.2, -0.15) is 0 Å². The van der Waals surface area contributed by atoms with Crippen LogP contribution in [0.5, 0.6) is 0 Å². The number of rotatable bonds is 2. The van der Waals surface area contributed by atoms with Gasteiger partial charge in [-0.3, -0.25) is 4.79 Å². The molecule has 1 unspecified atom stereocenters. The van der Waals surface area contributed by atoms with Crippen molar-refractivity contribution in [1.82, 2.24) is 4.90 Å². The van der Waals surface area contributed by atoms with E-state index in [4.69, 9.17) is 5.11 Å². The monoisotopic (exact) mass is 273 g/mol. The van der Waals surface area contributed by atoms with Crippen LogP contribution in [0.15, 0.2) is 12.1 Å². The zero-order valence-electron chi connectivity index (χ0n) is 10.2. The molecule has 1 fully saturated rings. The van der Waals surface area contributed by atoms with Gasteiger partial charge in [0.2, 0.25) is 0 Å². The van der Waals surface area contributed by atoms with Gasteiger partial charge in [-0.15, -0.1) is 0 Å². The van der Waals surface area contributed by atoms with Gasteiger partial charge in [-0.25, -0.2) is 13.2 Å². The smallest absolute Gasteiger partial charge is 0.254 e. The Balaban J connectivity index is 2.19. The van der Waals surface area contributed by atoms with Crippen LogP contribution in [0.2, 0.25) is 0 Å². The molecule has 19 heavy (non-hydrogen) atoms. The molecule has 1 atom stereocenters. The minimum atomic E-state index is -1.58. The number of carbonyl (C=O) groups is 1. The van der Waals surface area contributed by atoms with Gasteiger partial charge in [0.1, 0.15) is 0 Å². The highest BCUT2D eigenvalue weighted by atomic mass is 19.2. The Morgan fingerprint density at radius 2 is 1.95 bits per heavy atom.